The highest BCUT2D eigenvalue weighted by atomic mass is 16.5. The molecule has 1 fully saturated rings. The second-order valence-electron chi connectivity index (χ2n) is 3.79. The van der Waals surface area contributed by atoms with Crippen LogP contribution in [0.1, 0.15) is 12.0 Å². The molecule has 0 saturated carbocycles. The van der Waals surface area contributed by atoms with Crippen molar-refractivity contribution < 1.29 is 14.3 Å². The van der Waals surface area contributed by atoms with Gasteiger partial charge in [0.15, 0.2) is 5.78 Å². The first-order valence-corrected chi connectivity index (χ1v) is 5.10. The van der Waals surface area contributed by atoms with E-state index in [4.69, 9.17) is 4.74 Å². The van der Waals surface area contributed by atoms with Gasteiger partial charge in [-0.15, -0.1) is 0 Å². The van der Waals surface area contributed by atoms with Crippen LogP contribution < -0.4 is 4.90 Å². The predicted octanol–water partition coefficient (Wildman–Crippen LogP) is 1.14. The summed E-state index contributed by atoms with van der Waals surface area (Å²) in [6.45, 7) is 0.746. The maximum absolute atomic E-state index is 11.5. The molecule has 4 heteroatoms. The number of carbonyl (C=O) groups excluding carboxylic acids is 2. The highest BCUT2D eigenvalue weighted by Crippen LogP contribution is 2.20. The minimum absolute atomic E-state index is 0.0223. The Balaban J connectivity index is 2.15. The number of carbonyl (C=O) groups is 2. The van der Waals surface area contributed by atoms with E-state index in [9.17, 15) is 9.59 Å². The summed E-state index contributed by atoms with van der Waals surface area (Å²) in [5.74, 6) is -0.143. The minimum Gasteiger partial charge on any atom is -0.380 e. The number of nitrogens with zero attached hydrogens (tertiary/aromatic N) is 1. The average molecular weight is 219 g/mol. The third kappa shape index (κ3) is 2.12. The first-order valence-electron chi connectivity index (χ1n) is 5.10. The van der Waals surface area contributed by atoms with Gasteiger partial charge >= 0.3 is 0 Å². The first kappa shape index (κ1) is 10.8. The zero-order valence-electron chi connectivity index (χ0n) is 9.10. The second-order valence-corrected chi connectivity index (χ2v) is 3.79. The molecule has 0 aromatic heterocycles. The van der Waals surface area contributed by atoms with Crippen LogP contribution >= 0.6 is 0 Å². The van der Waals surface area contributed by atoms with E-state index < -0.39 is 0 Å². The molecule has 1 aromatic rings. The molecule has 1 amide bonds. The summed E-state index contributed by atoms with van der Waals surface area (Å²) in [5, 5.41) is 0. The van der Waals surface area contributed by atoms with Crippen LogP contribution in [0.5, 0.6) is 0 Å². The third-order valence-electron chi connectivity index (χ3n) is 2.54. The van der Waals surface area contributed by atoms with Gasteiger partial charge in [-0.25, -0.2) is 0 Å². The number of amides is 1. The van der Waals surface area contributed by atoms with Gasteiger partial charge < -0.3 is 9.64 Å². The molecule has 2 rings (SSSR count). The molecule has 0 bridgehead atoms. The van der Waals surface area contributed by atoms with Crippen molar-refractivity contribution in [1.29, 1.82) is 0 Å². The van der Waals surface area contributed by atoms with Gasteiger partial charge in [-0.1, -0.05) is 12.1 Å². The fourth-order valence-corrected chi connectivity index (χ4v) is 1.76. The van der Waals surface area contributed by atoms with Crippen LogP contribution in [-0.2, 0) is 20.9 Å². The van der Waals surface area contributed by atoms with Gasteiger partial charge in [-0.3, -0.25) is 9.59 Å². The van der Waals surface area contributed by atoms with E-state index in [1.165, 1.54) is 4.90 Å². The van der Waals surface area contributed by atoms with E-state index in [-0.39, 0.29) is 24.7 Å². The van der Waals surface area contributed by atoms with Crippen molar-refractivity contribution in [2.75, 3.05) is 18.6 Å². The standard InChI is InChI=1S/C12H13NO3/c1-16-8-9-2-4-10(5-3-9)13-7-11(14)6-12(13)15/h2-5H,6-8H2,1H3. The number of ketones is 1. The molecule has 1 aliphatic rings. The van der Waals surface area contributed by atoms with Crippen LogP contribution in [0.4, 0.5) is 5.69 Å². The van der Waals surface area contributed by atoms with Gasteiger partial charge in [0.2, 0.25) is 5.91 Å². The highest BCUT2D eigenvalue weighted by Gasteiger charge is 2.28. The van der Waals surface area contributed by atoms with E-state index in [2.05, 4.69) is 0 Å². The maximum atomic E-state index is 11.5. The summed E-state index contributed by atoms with van der Waals surface area (Å²) in [6, 6.07) is 7.47. The smallest absolute Gasteiger partial charge is 0.234 e. The third-order valence-corrected chi connectivity index (χ3v) is 2.54. The van der Waals surface area contributed by atoms with Gasteiger partial charge in [0.05, 0.1) is 19.6 Å². The Morgan fingerprint density at radius 1 is 1.25 bits per heavy atom. The Morgan fingerprint density at radius 3 is 2.44 bits per heavy atom. The van der Waals surface area contributed by atoms with E-state index in [0.29, 0.717) is 6.61 Å². The predicted molar refractivity (Wildman–Crippen MR) is 59.1 cm³/mol. The summed E-state index contributed by atoms with van der Waals surface area (Å²) in [6.07, 6.45) is 0.0276. The van der Waals surface area contributed by atoms with E-state index in [0.717, 1.165) is 11.3 Å². The molecular formula is C12H13NO3. The molecule has 0 atom stereocenters. The van der Waals surface area contributed by atoms with Crippen LogP contribution in [0.15, 0.2) is 24.3 Å². The van der Waals surface area contributed by atoms with E-state index in [1.54, 1.807) is 7.11 Å². The molecule has 1 saturated heterocycles. The largest absolute Gasteiger partial charge is 0.380 e. The van der Waals surface area contributed by atoms with Crippen LogP contribution in [-0.4, -0.2) is 25.3 Å². The molecule has 4 nitrogen and oxygen atoms in total. The summed E-state index contributed by atoms with van der Waals surface area (Å²) in [7, 11) is 1.64. The molecule has 0 unspecified atom stereocenters. The number of Topliss-reactive ketones (excluding diaryl/α,β-unsaturated/α-hetero) is 1. The number of benzene rings is 1. The molecule has 84 valence electrons. The minimum atomic E-state index is -0.121. The molecule has 1 heterocycles. The van der Waals surface area contributed by atoms with Gasteiger partial charge in [0, 0.05) is 12.8 Å². The summed E-state index contributed by atoms with van der Waals surface area (Å²) >= 11 is 0. The van der Waals surface area contributed by atoms with Gasteiger partial charge in [-0.05, 0) is 17.7 Å². The lowest BCUT2D eigenvalue weighted by molar-refractivity contribution is -0.121. The molecule has 0 spiro atoms. The van der Waals surface area contributed by atoms with E-state index in [1.807, 2.05) is 24.3 Å². The molecule has 0 radical (unpaired) electrons. The zero-order valence-corrected chi connectivity index (χ0v) is 9.10. The lowest BCUT2D eigenvalue weighted by Gasteiger charge is -2.14. The lowest BCUT2D eigenvalue weighted by atomic mass is 10.2. The molecule has 1 aliphatic heterocycles. The quantitative estimate of drug-likeness (QED) is 0.716. The van der Waals surface area contributed by atoms with Crippen molar-refractivity contribution >= 4 is 17.4 Å². The fraction of sp³-hybridized carbons (Fsp3) is 0.333. The number of rotatable bonds is 3. The van der Waals surface area contributed by atoms with Crippen LogP contribution in [0.2, 0.25) is 0 Å². The average Bonchev–Trinajstić information content (AvgIpc) is 2.59. The number of anilines is 1. The van der Waals surface area contributed by atoms with Crippen molar-refractivity contribution in [2.24, 2.45) is 0 Å². The highest BCUT2D eigenvalue weighted by molar-refractivity contribution is 6.14. The normalized spacial score (nSPS) is 15.9. The van der Waals surface area contributed by atoms with Crippen molar-refractivity contribution in [2.45, 2.75) is 13.0 Å². The van der Waals surface area contributed by atoms with Crippen molar-refractivity contribution in [3.63, 3.8) is 0 Å². The SMILES string of the molecule is COCc1ccc(N2CC(=O)CC2=O)cc1. The first-order chi connectivity index (χ1) is 7.70. The number of hydrogen-bond acceptors (Lipinski definition) is 3. The lowest BCUT2D eigenvalue weighted by Crippen LogP contribution is -2.24. The summed E-state index contributed by atoms with van der Waals surface area (Å²) in [4.78, 5) is 24.1. The molecule has 0 aliphatic carbocycles. The molecule has 1 aromatic carbocycles. The van der Waals surface area contributed by atoms with Crippen molar-refractivity contribution in [3.05, 3.63) is 29.8 Å². The van der Waals surface area contributed by atoms with Gasteiger partial charge in [0.25, 0.3) is 0 Å². The molecule has 0 N–H and O–H groups in total. The fourth-order valence-electron chi connectivity index (χ4n) is 1.76. The summed E-state index contributed by atoms with van der Waals surface area (Å²) in [5.41, 5.74) is 1.82. The number of hydrogen-bond donors (Lipinski definition) is 0. The molecule has 16 heavy (non-hydrogen) atoms. The molecular weight excluding hydrogens is 206 g/mol. The Kier molecular flexibility index (Phi) is 3.01. The van der Waals surface area contributed by atoms with Crippen LogP contribution in [0.3, 0.4) is 0 Å². The maximum Gasteiger partial charge on any atom is 0.234 e. The van der Waals surface area contributed by atoms with Gasteiger partial charge in [0.1, 0.15) is 0 Å². The second kappa shape index (κ2) is 4.45. The number of ether oxygens (including phenoxy) is 1. The topological polar surface area (TPSA) is 46.6 Å². The monoisotopic (exact) mass is 219 g/mol. The van der Waals surface area contributed by atoms with Crippen LogP contribution in [0, 0.1) is 0 Å². The van der Waals surface area contributed by atoms with Crippen molar-refractivity contribution in [1.82, 2.24) is 0 Å². The van der Waals surface area contributed by atoms with Crippen molar-refractivity contribution in [3.8, 4) is 0 Å². The Labute approximate surface area is 93.8 Å². The Morgan fingerprint density at radius 2 is 1.94 bits per heavy atom. The number of methoxy groups -OCH3 is 1. The van der Waals surface area contributed by atoms with E-state index >= 15 is 0 Å². The van der Waals surface area contributed by atoms with Gasteiger partial charge in [-0.2, -0.15) is 0 Å². The Hall–Kier alpha value is -1.68. The Bertz CT molecular complexity index is 411. The van der Waals surface area contributed by atoms with Crippen LogP contribution in [0.25, 0.3) is 0 Å². The summed E-state index contributed by atoms with van der Waals surface area (Å²) < 4.78 is 5.00. The zero-order chi connectivity index (χ0) is 11.5.